The zero-order chi connectivity index (χ0) is 72.5. The van der Waals surface area contributed by atoms with Gasteiger partial charge in [-0.05, 0) is 89.9 Å². The predicted molar refractivity (Wildman–Crippen MR) is 397 cm³/mol. The molecule has 0 spiro atoms. The van der Waals surface area contributed by atoms with Crippen molar-refractivity contribution in [2.45, 2.75) is 381 Å². The number of nitrogens with one attached hydrogen (secondary N) is 1. The van der Waals surface area contributed by atoms with E-state index in [2.05, 4.69) is 104 Å². The molecule has 3 rings (SSSR count). The van der Waals surface area contributed by atoms with Crippen LogP contribution in [0.15, 0.2) is 97.2 Å². The van der Waals surface area contributed by atoms with Gasteiger partial charge in [0.25, 0.3) is 0 Å². The van der Waals surface area contributed by atoms with Crippen LogP contribution < -0.4 is 5.32 Å². The van der Waals surface area contributed by atoms with Crippen LogP contribution in [-0.2, 0) is 33.2 Å². The van der Waals surface area contributed by atoms with E-state index in [4.69, 9.17) is 28.4 Å². The van der Waals surface area contributed by atoms with Crippen molar-refractivity contribution in [3.8, 4) is 0 Å². The van der Waals surface area contributed by atoms with Crippen LogP contribution in [0.4, 0.5) is 0 Å². The van der Waals surface area contributed by atoms with Gasteiger partial charge in [-0.2, -0.15) is 0 Å². The monoisotopic (exact) mass is 1420 g/mol. The van der Waals surface area contributed by atoms with Crippen LogP contribution in [0.5, 0.6) is 0 Å². The van der Waals surface area contributed by atoms with Crippen molar-refractivity contribution in [1.29, 1.82) is 0 Å². The van der Waals surface area contributed by atoms with Gasteiger partial charge in [0, 0.05) is 6.42 Å². The topological polar surface area (TPSA) is 307 Å². The standard InChI is InChI=1S/C81H141NO18/c1-3-5-7-9-11-13-15-17-19-21-23-25-27-28-29-30-31-32-33-34-35-37-38-40-42-44-46-48-50-52-54-56-58-65(86)64(82-69(87)59-57-55-53-51-49-47-45-43-41-39-36-26-24-22-20-18-16-14-12-10-8-6-4-2)63-95-79-75(93)72(90)77(67(61-84)97-79)100-81-76(94)73(91)78(68(62-85)98-81)99-80-74(92)71(89)70(88)66(60-83)96-80/h6,8,12,14,18,20,24,26,39-42,48,50,56,58,64-68,70-81,83-86,88-94H,3-5,7,9-11,13,15-17,19,21-23,25,27-38,43-47,49,51-55,57,59-63H2,1-2H3,(H,82,87)/b8-6-,14-12-,20-18-,26-24-,41-39-,42-40+,50-48+,58-56+. The molecule has 1 amide bonds. The largest absolute Gasteiger partial charge is 0.394 e. The first-order valence-corrected chi connectivity index (χ1v) is 39.5. The number of aliphatic hydroxyl groups is 11. The van der Waals surface area contributed by atoms with Crippen molar-refractivity contribution in [3.63, 3.8) is 0 Å². The van der Waals surface area contributed by atoms with Gasteiger partial charge in [-0.3, -0.25) is 4.79 Å². The fourth-order valence-electron chi connectivity index (χ4n) is 12.8. The Hall–Kier alpha value is -3.29. The number of hydrogen-bond donors (Lipinski definition) is 12. The van der Waals surface area contributed by atoms with Gasteiger partial charge in [0.05, 0.1) is 38.6 Å². The molecular weight excluding hydrogens is 1270 g/mol. The van der Waals surface area contributed by atoms with E-state index in [0.29, 0.717) is 12.8 Å². The lowest BCUT2D eigenvalue weighted by Crippen LogP contribution is -2.66. The van der Waals surface area contributed by atoms with Gasteiger partial charge in [0.15, 0.2) is 18.9 Å². The van der Waals surface area contributed by atoms with Crippen LogP contribution in [-0.4, -0.2) is 193 Å². The Bertz CT molecular complexity index is 2190. The lowest BCUT2D eigenvalue weighted by Gasteiger charge is -2.48. The SMILES string of the molecule is CC/C=C\C/C=C\C/C=C\C/C=C\C/C=C\CCCCCCCCCC(=O)NC(COC1OC(CO)C(OC2OC(CO)C(OC3OC(CO)C(O)C(O)C3O)C(O)C2O)C(O)C1O)C(O)/C=C/CC/C=C/CC/C=C/CCCCCCCCCCCCCCCCCCCCCCCC. The summed E-state index contributed by atoms with van der Waals surface area (Å²) >= 11 is 0. The molecule has 0 aromatic carbocycles. The van der Waals surface area contributed by atoms with Crippen LogP contribution in [0.25, 0.3) is 0 Å². The number of ether oxygens (including phenoxy) is 6. The molecule has 0 bridgehead atoms. The molecule has 3 heterocycles. The summed E-state index contributed by atoms with van der Waals surface area (Å²) in [5, 5.41) is 121. The van der Waals surface area contributed by atoms with Crippen molar-refractivity contribution in [2.24, 2.45) is 0 Å². The molecule has 17 unspecified atom stereocenters. The van der Waals surface area contributed by atoms with E-state index >= 15 is 0 Å². The summed E-state index contributed by atoms with van der Waals surface area (Å²) in [6, 6.07) is -1.01. The highest BCUT2D eigenvalue weighted by atomic mass is 16.8. The van der Waals surface area contributed by atoms with Crippen LogP contribution >= 0.6 is 0 Å². The fraction of sp³-hybridized carbons (Fsp3) is 0.790. The summed E-state index contributed by atoms with van der Waals surface area (Å²) in [7, 11) is 0. The van der Waals surface area contributed by atoms with Gasteiger partial charge in [0.2, 0.25) is 5.91 Å². The third-order valence-corrected chi connectivity index (χ3v) is 19.1. The summed E-state index contributed by atoms with van der Waals surface area (Å²) in [4.78, 5) is 13.4. The smallest absolute Gasteiger partial charge is 0.220 e. The maximum Gasteiger partial charge on any atom is 0.220 e. The molecule has 19 nitrogen and oxygen atoms in total. The van der Waals surface area contributed by atoms with Crippen molar-refractivity contribution in [1.82, 2.24) is 5.32 Å². The van der Waals surface area contributed by atoms with E-state index in [1.165, 1.54) is 141 Å². The highest BCUT2D eigenvalue weighted by molar-refractivity contribution is 5.76. The first kappa shape index (κ1) is 90.9. The molecule has 0 aliphatic carbocycles. The molecule has 12 N–H and O–H groups in total. The average Bonchev–Trinajstić information content (AvgIpc) is 0.783. The minimum atomic E-state index is -1.99. The lowest BCUT2D eigenvalue weighted by molar-refractivity contribution is -0.379. The highest BCUT2D eigenvalue weighted by Gasteiger charge is 2.53. The predicted octanol–water partition coefficient (Wildman–Crippen LogP) is 12.8. The fourth-order valence-corrected chi connectivity index (χ4v) is 12.8. The Morgan fingerprint density at radius 1 is 0.370 bits per heavy atom. The number of aliphatic hydroxyl groups excluding tert-OH is 11. The first-order chi connectivity index (χ1) is 48.8. The minimum absolute atomic E-state index is 0.213. The number of unbranched alkanes of at least 4 members (excludes halogenated alkanes) is 31. The Morgan fingerprint density at radius 2 is 0.700 bits per heavy atom. The van der Waals surface area contributed by atoms with Crippen molar-refractivity contribution in [3.05, 3.63) is 97.2 Å². The molecule has 3 fully saturated rings. The van der Waals surface area contributed by atoms with Gasteiger partial charge in [0.1, 0.15) is 73.2 Å². The molecule has 0 saturated carbocycles. The number of carbonyl (C=O) groups excluding carboxylic acids is 1. The molecule has 3 saturated heterocycles. The molecule has 3 aliphatic rings. The number of amides is 1. The van der Waals surface area contributed by atoms with Gasteiger partial charge in [-0.1, -0.05) is 278 Å². The second-order valence-electron chi connectivity index (χ2n) is 27.8. The van der Waals surface area contributed by atoms with Crippen LogP contribution in [0.3, 0.4) is 0 Å². The second-order valence-corrected chi connectivity index (χ2v) is 27.8. The molecule has 100 heavy (non-hydrogen) atoms. The van der Waals surface area contributed by atoms with E-state index in [0.717, 1.165) is 103 Å². The maximum absolute atomic E-state index is 13.4. The summed E-state index contributed by atoms with van der Waals surface area (Å²) in [5.74, 6) is -0.303. The zero-order valence-electron chi connectivity index (χ0n) is 61.6. The zero-order valence-corrected chi connectivity index (χ0v) is 61.6. The number of carbonyl (C=O) groups is 1. The van der Waals surface area contributed by atoms with Crippen LogP contribution in [0.1, 0.15) is 277 Å². The van der Waals surface area contributed by atoms with E-state index in [1.807, 2.05) is 6.08 Å². The van der Waals surface area contributed by atoms with E-state index in [-0.39, 0.29) is 18.9 Å². The van der Waals surface area contributed by atoms with Crippen LogP contribution in [0.2, 0.25) is 0 Å². The van der Waals surface area contributed by atoms with Crippen molar-refractivity contribution >= 4 is 5.91 Å². The van der Waals surface area contributed by atoms with Gasteiger partial charge in [-0.25, -0.2) is 0 Å². The van der Waals surface area contributed by atoms with Crippen LogP contribution in [0, 0.1) is 0 Å². The molecule has 19 heteroatoms. The highest BCUT2D eigenvalue weighted by Crippen LogP contribution is 2.33. The lowest BCUT2D eigenvalue weighted by atomic mass is 9.96. The van der Waals surface area contributed by atoms with Crippen molar-refractivity contribution in [2.75, 3.05) is 26.4 Å². The summed E-state index contributed by atoms with van der Waals surface area (Å²) in [5.41, 5.74) is 0. The Morgan fingerprint density at radius 3 is 1.12 bits per heavy atom. The third kappa shape index (κ3) is 40.8. The van der Waals surface area contributed by atoms with Gasteiger partial charge in [-0.15, -0.1) is 0 Å². The number of hydrogen-bond acceptors (Lipinski definition) is 18. The summed E-state index contributed by atoms with van der Waals surface area (Å²) in [6.45, 7) is 1.60. The Balaban J connectivity index is 1.41. The molecule has 0 radical (unpaired) electrons. The van der Waals surface area contributed by atoms with Crippen molar-refractivity contribution < 1.29 is 89.4 Å². The molecule has 17 atom stereocenters. The minimum Gasteiger partial charge on any atom is -0.394 e. The van der Waals surface area contributed by atoms with E-state index < -0.39 is 124 Å². The Labute approximate surface area is 603 Å². The molecule has 0 aromatic heterocycles. The third-order valence-electron chi connectivity index (χ3n) is 19.1. The quantitative estimate of drug-likeness (QED) is 0.0199. The molecule has 578 valence electrons. The molecule has 3 aliphatic heterocycles. The molecular formula is C81H141NO18. The van der Waals surface area contributed by atoms with Gasteiger partial charge < -0.3 is 89.9 Å². The first-order valence-electron chi connectivity index (χ1n) is 39.5. The van der Waals surface area contributed by atoms with E-state index in [1.54, 1.807) is 6.08 Å². The summed E-state index contributed by atoms with van der Waals surface area (Å²) < 4.78 is 34.4. The second kappa shape index (κ2) is 60.9. The molecule has 0 aromatic rings. The van der Waals surface area contributed by atoms with E-state index in [9.17, 15) is 61.0 Å². The number of rotatable bonds is 61. The number of allylic oxidation sites excluding steroid dienone is 15. The Kier molecular flexibility index (Phi) is 55.4. The normalized spacial score (nSPS) is 27.0. The average molecular weight is 1420 g/mol. The maximum atomic E-state index is 13.4. The summed E-state index contributed by atoms with van der Waals surface area (Å²) in [6.07, 6.45) is 55.4. The van der Waals surface area contributed by atoms with Gasteiger partial charge >= 0.3 is 0 Å².